The minimum absolute atomic E-state index is 0.0977. The number of aryl methyl sites for hydroxylation is 1. The normalized spacial score (nSPS) is 10.9. The lowest BCUT2D eigenvalue weighted by molar-refractivity contribution is -0.121. The van der Waals surface area contributed by atoms with Crippen LogP contribution in [0.1, 0.15) is 32.4 Å². The summed E-state index contributed by atoms with van der Waals surface area (Å²) in [5, 5.41) is 22.7. The molecule has 1 heterocycles. The molecule has 2 aromatic carbocycles. The van der Waals surface area contributed by atoms with Crippen LogP contribution in [0.4, 0.5) is 11.5 Å². The topological polar surface area (TPSA) is 127 Å². The second-order valence-corrected chi connectivity index (χ2v) is 7.80. The van der Waals surface area contributed by atoms with Gasteiger partial charge in [-0.05, 0) is 48.5 Å². The summed E-state index contributed by atoms with van der Waals surface area (Å²) in [5.41, 5.74) is 9.08. The number of anilines is 2. The van der Waals surface area contributed by atoms with Crippen molar-refractivity contribution in [2.75, 3.05) is 11.1 Å². The maximum Gasteiger partial charge on any atom is 0.561 e. The van der Waals surface area contributed by atoms with E-state index in [-0.39, 0.29) is 12.4 Å². The fourth-order valence-corrected chi connectivity index (χ4v) is 3.30. The summed E-state index contributed by atoms with van der Waals surface area (Å²) in [6.07, 6.45) is 1.18. The monoisotopic (exact) mass is 420 g/mol. The third-order valence-electron chi connectivity index (χ3n) is 5.04. The number of benzene rings is 2. The molecule has 3 rings (SSSR count). The van der Waals surface area contributed by atoms with Crippen LogP contribution in [0, 0.1) is 12.8 Å². The van der Waals surface area contributed by atoms with Gasteiger partial charge in [-0.15, -0.1) is 5.10 Å². The highest BCUT2D eigenvalue weighted by atomic mass is 16.5. The molecule has 9 heteroatoms. The highest BCUT2D eigenvalue weighted by Gasteiger charge is 2.21. The largest absolute Gasteiger partial charge is 0.561 e. The van der Waals surface area contributed by atoms with Gasteiger partial charge in [0.2, 0.25) is 5.91 Å². The van der Waals surface area contributed by atoms with Crippen molar-refractivity contribution in [2.24, 2.45) is 5.92 Å². The van der Waals surface area contributed by atoms with Crippen molar-refractivity contribution in [1.82, 2.24) is 10.2 Å². The number of fused-ring (bicyclic) bond motifs is 1. The van der Waals surface area contributed by atoms with Crippen molar-refractivity contribution in [3.63, 3.8) is 0 Å². The highest BCUT2D eigenvalue weighted by Crippen LogP contribution is 2.32. The summed E-state index contributed by atoms with van der Waals surface area (Å²) in [5.74, 6) is 0.649. The van der Waals surface area contributed by atoms with Gasteiger partial charge in [0.25, 0.3) is 6.47 Å². The van der Waals surface area contributed by atoms with Gasteiger partial charge < -0.3 is 20.7 Å². The second kappa shape index (κ2) is 9.57. The quantitative estimate of drug-likeness (QED) is 0.377. The highest BCUT2D eigenvalue weighted by molar-refractivity contribution is 6.61. The Morgan fingerprint density at radius 3 is 2.71 bits per heavy atom. The summed E-state index contributed by atoms with van der Waals surface area (Å²) in [6, 6.07) is 10.6. The summed E-state index contributed by atoms with van der Waals surface area (Å²) in [6.45, 7) is 6.15. The fraction of sp³-hybridized carbons (Fsp3) is 0.273. The molecule has 0 saturated carbocycles. The lowest BCUT2D eigenvalue weighted by Crippen LogP contribution is -2.33. The Labute approximate surface area is 181 Å². The zero-order chi connectivity index (χ0) is 22.5. The van der Waals surface area contributed by atoms with Crippen LogP contribution in [-0.2, 0) is 14.2 Å². The van der Waals surface area contributed by atoms with E-state index in [4.69, 9.17) is 5.73 Å². The van der Waals surface area contributed by atoms with E-state index in [1.807, 2.05) is 25.1 Å². The summed E-state index contributed by atoms with van der Waals surface area (Å²) in [4.78, 5) is 23.1. The lowest BCUT2D eigenvalue weighted by atomic mass is 9.78. The lowest BCUT2D eigenvalue weighted by Gasteiger charge is -2.15. The number of nitrogens with one attached hydrogen (secondary N) is 1. The van der Waals surface area contributed by atoms with Crippen molar-refractivity contribution < 1.29 is 19.3 Å². The van der Waals surface area contributed by atoms with Gasteiger partial charge in [0.1, 0.15) is 0 Å². The van der Waals surface area contributed by atoms with Crippen molar-refractivity contribution in [2.45, 2.75) is 33.6 Å². The van der Waals surface area contributed by atoms with E-state index in [1.54, 1.807) is 18.2 Å². The molecule has 160 valence electrons. The van der Waals surface area contributed by atoms with E-state index >= 15 is 0 Å². The van der Waals surface area contributed by atoms with Crippen molar-refractivity contribution >= 4 is 47.2 Å². The van der Waals surface area contributed by atoms with Gasteiger partial charge in [0.15, 0.2) is 5.82 Å². The predicted octanol–water partition coefficient (Wildman–Crippen LogP) is 2.42. The smallest absolute Gasteiger partial charge is 0.508 e. The van der Waals surface area contributed by atoms with Gasteiger partial charge in [0.05, 0.1) is 5.69 Å². The number of nitrogens with zero attached hydrogens (tertiary/aromatic N) is 2. The van der Waals surface area contributed by atoms with Gasteiger partial charge in [0, 0.05) is 28.4 Å². The molecule has 0 radical (unpaired) electrons. The van der Waals surface area contributed by atoms with Crippen LogP contribution in [0.2, 0.25) is 0 Å². The number of nitrogen functional groups attached to an aromatic ring is 1. The van der Waals surface area contributed by atoms with E-state index in [1.165, 1.54) is 0 Å². The molecular formula is C22H25BN4O4. The number of hydrogen-bond donors (Lipinski definition) is 3. The molecule has 0 unspecified atom stereocenters. The average molecular weight is 420 g/mol. The Balaban J connectivity index is 2.07. The first-order valence-corrected chi connectivity index (χ1v) is 10.0. The number of aromatic nitrogens is 2. The first-order valence-electron chi connectivity index (χ1n) is 10.0. The van der Waals surface area contributed by atoms with Crippen LogP contribution in [0.5, 0.6) is 0 Å². The summed E-state index contributed by atoms with van der Waals surface area (Å²) >= 11 is 0. The minimum atomic E-state index is -1.41. The van der Waals surface area contributed by atoms with E-state index in [9.17, 15) is 14.6 Å². The maximum atomic E-state index is 12.5. The molecule has 0 aliphatic carbocycles. The number of carbonyl (C=O) groups is 2. The molecule has 0 atom stereocenters. The van der Waals surface area contributed by atoms with Gasteiger partial charge in [-0.2, -0.15) is 5.10 Å². The van der Waals surface area contributed by atoms with Crippen LogP contribution in [0.15, 0.2) is 36.4 Å². The molecule has 0 saturated heterocycles. The predicted molar refractivity (Wildman–Crippen MR) is 122 cm³/mol. The van der Waals surface area contributed by atoms with Crippen molar-refractivity contribution in [3.05, 3.63) is 42.1 Å². The van der Waals surface area contributed by atoms with Gasteiger partial charge in [-0.1, -0.05) is 32.0 Å². The number of rotatable bonds is 8. The van der Waals surface area contributed by atoms with Crippen LogP contribution in [0.3, 0.4) is 0 Å². The minimum Gasteiger partial charge on any atom is -0.508 e. The second-order valence-electron chi connectivity index (χ2n) is 7.80. The fourth-order valence-electron chi connectivity index (χ4n) is 3.30. The molecule has 0 fully saturated rings. The number of nitrogens with two attached hydrogens (primary N) is 1. The van der Waals surface area contributed by atoms with Crippen LogP contribution >= 0.6 is 0 Å². The zero-order valence-electron chi connectivity index (χ0n) is 17.8. The van der Waals surface area contributed by atoms with E-state index < -0.39 is 7.12 Å². The third kappa shape index (κ3) is 5.18. The van der Waals surface area contributed by atoms with Gasteiger partial charge >= 0.3 is 7.12 Å². The van der Waals surface area contributed by atoms with Gasteiger partial charge in [-0.25, -0.2) is 0 Å². The molecule has 1 aromatic heterocycles. The Bertz CT molecular complexity index is 1120. The van der Waals surface area contributed by atoms with Crippen molar-refractivity contribution in [1.29, 1.82) is 0 Å². The van der Waals surface area contributed by atoms with Crippen LogP contribution in [0.25, 0.3) is 21.9 Å². The van der Waals surface area contributed by atoms with E-state index in [0.717, 1.165) is 22.8 Å². The zero-order valence-corrected chi connectivity index (χ0v) is 17.8. The molecule has 0 aliphatic rings. The Hall–Kier alpha value is -3.46. The first kappa shape index (κ1) is 22.2. The summed E-state index contributed by atoms with van der Waals surface area (Å²) < 4.78 is 4.66. The van der Waals surface area contributed by atoms with Crippen LogP contribution in [-0.4, -0.2) is 34.7 Å². The van der Waals surface area contributed by atoms with Crippen molar-refractivity contribution in [3.8, 4) is 11.1 Å². The van der Waals surface area contributed by atoms with E-state index in [2.05, 4.69) is 34.0 Å². The third-order valence-corrected chi connectivity index (χ3v) is 5.04. The van der Waals surface area contributed by atoms with E-state index in [0.29, 0.717) is 40.6 Å². The Morgan fingerprint density at radius 1 is 1.23 bits per heavy atom. The van der Waals surface area contributed by atoms with Crippen LogP contribution < -0.4 is 16.5 Å². The number of carbonyl (C=O) groups excluding carboxylic acids is 2. The Kier molecular flexibility index (Phi) is 6.86. The molecule has 8 nitrogen and oxygen atoms in total. The maximum absolute atomic E-state index is 12.5. The molecule has 0 spiro atoms. The molecule has 3 aromatic rings. The molecule has 4 N–H and O–H groups in total. The number of amides is 1. The molecule has 31 heavy (non-hydrogen) atoms. The molecular weight excluding hydrogens is 395 g/mol. The number of hydrogen-bond acceptors (Lipinski definition) is 7. The SMILES string of the molecule is Cc1nnc(N)c2ccc(-c3cc(B(O)OC=O)ccc3NC(=O)CCC(C)C)cc12. The average Bonchev–Trinajstić information content (AvgIpc) is 2.75. The summed E-state index contributed by atoms with van der Waals surface area (Å²) in [7, 11) is -1.41. The molecule has 0 aliphatic heterocycles. The molecule has 0 bridgehead atoms. The standard InChI is InChI=1S/C22H25BN4O4/c1-13(2)4-9-21(29)25-20-8-6-16(23(30)31-12-28)11-19(20)15-5-7-17-18(10-15)14(3)26-27-22(17)24/h5-8,10-13,30H,4,9H2,1-3H3,(H2,24,27)(H,25,29). The molecule has 1 amide bonds. The Morgan fingerprint density at radius 2 is 2.00 bits per heavy atom. The first-order chi connectivity index (χ1) is 14.8. The van der Waals surface area contributed by atoms with Gasteiger partial charge in [-0.3, -0.25) is 9.59 Å².